The third-order valence-corrected chi connectivity index (χ3v) is 6.24. The number of sulfonamides is 1. The summed E-state index contributed by atoms with van der Waals surface area (Å²) in [5, 5.41) is 25.2. The molecule has 0 unspecified atom stereocenters. The number of nitriles is 1. The standard InChI is InChI=1S/C16H19N7O2S/c1-12-6-8-23(9-7-12)26(24,25)15-4-2-14(3-5-15)18-11-13(10-17)16-19-21-22-20-16/h2-5,11-12,18H,6-9H2,1H3,(H,19,20,21,22). The van der Waals surface area contributed by atoms with Crippen LogP contribution in [-0.2, 0) is 10.0 Å². The van der Waals surface area contributed by atoms with Gasteiger partial charge in [-0.2, -0.15) is 14.8 Å². The van der Waals surface area contributed by atoms with Crippen LogP contribution in [0.1, 0.15) is 25.6 Å². The average molecular weight is 373 g/mol. The van der Waals surface area contributed by atoms with Gasteiger partial charge in [-0.3, -0.25) is 0 Å². The number of nitrogens with zero attached hydrogens (tertiary/aromatic N) is 5. The summed E-state index contributed by atoms with van der Waals surface area (Å²) in [7, 11) is -3.47. The lowest BCUT2D eigenvalue weighted by Crippen LogP contribution is -2.37. The van der Waals surface area contributed by atoms with Gasteiger partial charge in [0, 0.05) is 25.0 Å². The minimum absolute atomic E-state index is 0.179. The first-order valence-corrected chi connectivity index (χ1v) is 9.65. The van der Waals surface area contributed by atoms with E-state index in [9.17, 15) is 8.42 Å². The summed E-state index contributed by atoms with van der Waals surface area (Å²) in [6, 6.07) is 8.39. The van der Waals surface area contributed by atoms with E-state index in [1.54, 1.807) is 28.6 Å². The molecule has 0 radical (unpaired) electrons. The second-order valence-corrected chi connectivity index (χ2v) is 8.10. The summed E-state index contributed by atoms with van der Waals surface area (Å²) in [4.78, 5) is 0.264. The van der Waals surface area contributed by atoms with E-state index in [0.717, 1.165) is 12.8 Å². The lowest BCUT2D eigenvalue weighted by molar-refractivity contribution is 0.288. The molecule has 1 fully saturated rings. The molecule has 26 heavy (non-hydrogen) atoms. The van der Waals surface area contributed by atoms with Crippen molar-refractivity contribution in [3.8, 4) is 6.07 Å². The predicted molar refractivity (Wildman–Crippen MR) is 95.0 cm³/mol. The van der Waals surface area contributed by atoms with E-state index < -0.39 is 10.0 Å². The predicted octanol–water partition coefficient (Wildman–Crippen LogP) is 1.60. The van der Waals surface area contributed by atoms with Crippen LogP contribution in [0.5, 0.6) is 0 Å². The molecule has 3 rings (SSSR count). The summed E-state index contributed by atoms with van der Waals surface area (Å²) in [6.45, 7) is 3.26. The second-order valence-electron chi connectivity index (χ2n) is 6.16. The van der Waals surface area contributed by atoms with E-state index in [2.05, 4.69) is 32.9 Å². The molecular formula is C16H19N7O2S. The highest BCUT2D eigenvalue weighted by Crippen LogP contribution is 2.24. The maximum Gasteiger partial charge on any atom is 0.243 e. The molecular weight excluding hydrogens is 354 g/mol. The number of hydrogen-bond donors (Lipinski definition) is 2. The molecule has 0 saturated carbocycles. The van der Waals surface area contributed by atoms with Crippen LogP contribution in [0.2, 0.25) is 0 Å². The molecule has 0 spiro atoms. The Kier molecular flexibility index (Phi) is 5.29. The van der Waals surface area contributed by atoms with Crippen LogP contribution in [0.15, 0.2) is 35.4 Å². The minimum Gasteiger partial charge on any atom is -0.360 e. The molecule has 1 aromatic carbocycles. The third-order valence-electron chi connectivity index (χ3n) is 4.32. The van der Waals surface area contributed by atoms with Gasteiger partial charge >= 0.3 is 0 Å². The molecule has 1 saturated heterocycles. The van der Waals surface area contributed by atoms with Gasteiger partial charge < -0.3 is 5.32 Å². The van der Waals surface area contributed by atoms with Crippen molar-refractivity contribution in [2.24, 2.45) is 5.92 Å². The monoisotopic (exact) mass is 373 g/mol. The molecule has 1 aliphatic heterocycles. The topological polar surface area (TPSA) is 128 Å². The fraction of sp³-hybridized carbons (Fsp3) is 0.375. The van der Waals surface area contributed by atoms with Crippen LogP contribution in [0.4, 0.5) is 5.69 Å². The lowest BCUT2D eigenvalue weighted by atomic mass is 10.0. The van der Waals surface area contributed by atoms with Crippen molar-refractivity contribution in [3.05, 3.63) is 36.3 Å². The maximum atomic E-state index is 12.7. The summed E-state index contributed by atoms with van der Waals surface area (Å²) >= 11 is 0. The van der Waals surface area contributed by atoms with Crippen LogP contribution in [0, 0.1) is 17.2 Å². The summed E-state index contributed by atoms with van der Waals surface area (Å²) in [6.07, 6.45) is 3.22. The Morgan fingerprint density at radius 1 is 1.35 bits per heavy atom. The first-order chi connectivity index (χ1) is 12.5. The highest BCUT2D eigenvalue weighted by atomic mass is 32.2. The highest BCUT2D eigenvalue weighted by molar-refractivity contribution is 7.89. The molecule has 0 amide bonds. The Bertz CT molecular complexity index is 907. The summed E-state index contributed by atoms with van der Waals surface area (Å²) in [5.41, 5.74) is 0.852. The largest absolute Gasteiger partial charge is 0.360 e. The molecule has 136 valence electrons. The van der Waals surface area contributed by atoms with Crippen molar-refractivity contribution in [2.45, 2.75) is 24.7 Å². The third kappa shape index (κ3) is 3.89. The van der Waals surface area contributed by atoms with Crippen molar-refractivity contribution >= 4 is 21.3 Å². The number of tetrazole rings is 1. The zero-order valence-electron chi connectivity index (χ0n) is 14.3. The van der Waals surface area contributed by atoms with E-state index in [1.165, 1.54) is 6.20 Å². The lowest BCUT2D eigenvalue weighted by Gasteiger charge is -2.29. The average Bonchev–Trinajstić information content (AvgIpc) is 3.17. The van der Waals surface area contributed by atoms with Crippen LogP contribution < -0.4 is 5.32 Å². The molecule has 1 aromatic heterocycles. The number of benzene rings is 1. The molecule has 0 bridgehead atoms. The van der Waals surface area contributed by atoms with Gasteiger partial charge in [-0.05, 0) is 48.2 Å². The van der Waals surface area contributed by atoms with E-state index in [0.29, 0.717) is 24.7 Å². The van der Waals surface area contributed by atoms with Crippen LogP contribution >= 0.6 is 0 Å². The fourth-order valence-corrected chi connectivity index (χ4v) is 4.15. The molecule has 1 aliphatic rings. The first kappa shape index (κ1) is 18.0. The molecule has 0 atom stereocenters. The quantitative estimate of drug-likeness (QED) is 0.762. The smallest absolute Gasteiger partial charge is 0.243 e. The van der Waals surface area contributed by atoms with Crippen LogP contribution in [0.25, 0.3) is 5.57 Å². The van der Waals surface area contributed by atoms with Gasteiger partial charge in [0.05, 0.1) is 4.90 Å². The number of rotatable bonds is 5. The van der Waals surface area contributed by atoms with Gasteiger partial charge in [-0.1, -0.05) is 6.92 Å². The maximum absolute atomic E-state index is 12.7. The SMILES string of the molecule is CC1CCN(S(=O)(=O)c2ccc(NC=C(C#N)c3nn[nH]n3)cc2)CC1. The van der Waals surface area contributed by atoms with Crippen molar-refractivity contribution < 1.29 is 8.42 Å². The Hall–Kier alpha value is -2.77. The van der Waals surface area contributed by atoms with Crippen LogP contribution in [-0.4, -0.2) is 46.4 Å². The molecule has 10 heteroatoms. The molecule has 2 heterocycles. The van der Waals surface area contributed by atoms with E-state index in [4.69, 9.17) is 5.26 Å². The number of aromatic nitrogens is 4. The summed E-state index contributed by atoms with van der Waals surface area (Å²) in [5.74, 6) is 0.742. The van der Waals surface area contributed by atoms with Crippen LogP contribution in [0.3, 0.4) is 0 Å². The Morgan fingerprint density at radius 3 is 2.62 bits per heavy atom. The number of H-pyrrole nitrogens is 1. The van der Waals surface area contributed by atoms with Crippen molar-refractivity contribution in [1.29, 1.82) is 5.26 Å². The number of hydrogen-bond acceptors (Lipinski definition) is 7. The van der Waals surface area contributed by atoms with Gasteiger partial charge in [-0.25, -0.2) is 8.42 Å². The number of anilines is 1. The number of nitrogens with one attached hydrogen (secondary N) is 2. The molecule has 2 N–H and O–H groups in total. The molecule has 2 aromatic rings. The Labute approximate surface area is 151 Å². The van der Waals surface area contributed by atoms with Gasteiger partial charge in [0.2, 0.25) is 15.8 Å². The van der Waals surface area contributed by atoms with E-state index >= 15 is 0 Å². The number of allylic oxidation sites excluding steroid dienone is 1. The zero-order valence-corrected chi connectivity index (χ0v) is 15.1. The van der Waals surface area contributed by atoms with Gasteiger partial charge in [0.1, 0.15) is 11.6 Å². The Morgan fingerprint density at radius 2 is 2.04 bits per heavy atom. The number of aromatic amines is 1. The van der Waals surface area contributed by atoms with Crippen molar-refractivity contribution in [1.82, 2.24) is 24.9 Å². The van der Waals surface area contributed by atoms with Gasteiger partial charge in [0.25, 0.3) is 0 Å². The van der Waals surface area contributed by atoms with Crippen molar-refractivity contribution in [2.75, 3.05) is 18.4 Å². The Balaban J connectivity index is 1.71. The fourth-order valence-electron chi connectivity index (χ4n) is 2.68. The van der Waals surface area contributed by atoms with Gasteiger partial charge in [0.15, 0.2) is 0 Å². The van der Waals surface area contributed by atoms with E-state index in [1.807, 2.05) is 6.07 Å². The van der Waals surface area contributed by atoms with E-state index in [-0.39, 0.29) is 16.3 Å². The second kappa shape index (κ2) is 7.63. The van der Waals surface area contributed by atoms with Crippen molar-refractivity contribution in [3.63, 3.8) is 0 Å². The normalized spacial score (nSPS) is 17.0. The molecule has 9 nitrogen and oxygen atoms in total. The minimum atomic E-state index is -3.47. The highest BCUT2D eigenvalue weighted by Gasteiger charge is 2.27. The zero-order chi connectivity index (χ0) is 18.6. The van der Waals surface area contributed by atoms with Gasteiger partial charge in [-0.15, -0.1) is 10.2 Å². The first-order valence-electron chi connectivity index (χ1n) is 8.21. The summed E-state index contributed by atoms with van der Waals surface area (Å²) < 4.78 is 26.9. The number of piperidine rings is 1. The molecule has 0 aliphatic carbocycles.